The Bertz CT molecular complexity index is 910. The summed E-state index contributed by atoms with van der Waals surface area (Å²) in [6.07, 6.45) is 1.87. The van der Waals surface area contributed by atoms with Crippen molar-refractivity contribution in [1.82, 2.24) is 5.32 Å². The fourth-order valence-corrected chi connectivity index (χ4v) is 5.15. The lowest BCUT2D eigenvalue weighted by Gasteiger charge is -2.23. The molecule has 9 heteroatoms. The fraction of sp³-hybridized carbons (Fsp3) is 0.316. The summed E-state index contributed by atoms with van der Waals surface area (Å²) >= 11 is 11.2. The average molecular weight is 506 g/mol. The molecule has 0 aliphatic carbocycles. The van der Waals surface area contributed by atoms with Gasteiger partial charge in [-0.1, -0.05) is 41.9 Å². The van der Waals surface area contributed by atoms with Gasteiger partial charge in [-0.2, -0.15) is 11.8 Å². The maximum absolute atomic E-state index is 12.2. The number of thioether (sulfide) groups is 1. The molecule has 5 nitrogen and oxygen atoms in total. The summed E-state index contributed by atoms with van der Waals surface area (Å²) in [7, 11) is -3.58. The Morgan fingerprint density at radius 3 is 2.54 bits per heavy atom. The topological polar surface area (TPSA) is 66.5 Å². The number of hydrogen-bond donors (Lipinski definition) is 1. The maximum Gasteiger partial charge on any atom is 0.240 e. The number of carbonyl (C=O) groups is 1. The molecule has 28 heavy (non-hydrogen) atoms. The zero-order chi connectivity index (χ0) is 20.6. The first-order valence-corrected chi connectivity index (χ1v) is 12.8. The maximum atomic E-state index is 12.2. The molecule has 0 saturated heterocycles. The Morgan fingerprint density at radius 1 is 1.18 bits per heavy atom. The van der Waals surface area contributed by atoms with Crippen molar-refractivity contribution in [1.29, 1.82) is 0 Å². The van der Waals surface area contributed by atoms with Gasteiger partial charge in [-0.15, -0.1) is 0 Å². The normalized spacial score (nSPS) is 11.2. The zero-order valence-electron chi connectivity index (χ0n) is 15.4. The van der Waals surface area contributed by atoms with Crippen molar-refractivity contribution in [2.24, 2.45) is 0 Å². The molecular weight excluding hydrogens is 484 g/mol. The second-order valence-corrected chi connectivity index (χ2v) is 10.3. The van der Waals surface area contributed by atoms with Gasteiger partial charge in [0.15, 0.2) is 0 Å². The molecule has 152 valence electrons. The number of sulfonamides is 1. The van der Waals surface area contributed by atoms with E-state index in [1.165, 1.54) is 0 Å². The van der Waals surface area contributed by atoms with Crippen molar-refractivity contribution in [2.75, 3.05) is 29.4 Å². The highest BCUT2D eigenvalue weighted by Crippen LogP contribution is 2.27. The number of amides is 1. The van der Waals surface area contributed by atoms with E-state index in [4.69, 9.17) is 11.6 Å². The smallest absolute Gasteiger partial charge is 0.240 e. The van der Waals surface area contributed by atoms with Gasteiger partial charge in [0.2, 0.25) is 15.9 Å². The number of anilines is 1. The van der Waals surface area contributed by atoms with Crippen LogP contribution in [0.1, 0.15) is 12.0 Å². The summed E-state index contributed by atoms with van der Waals surface area (Å²) < 4.78 is 25.9. The third kappa shape index (κ3) is 7.31. The number of para-hydroxylation sites is 1. The lowest BCUT2D eigenvalue weighted by Crippen LogP contribution is -2.40. The van der Waals surface area contributed by atoms with Gasteiger partial charge in [0.1, 0.15) is 6.54 Å². The number of rotatable bonds is 10. The number of nitrogens with one attached hydrogen (secondary N) is 1. The quantitative estimate of drug-likeness (QED) is 0.489. The van der Waals surface area contributed by atoms with Crippen molar-refractivity contribution in [3.8, 4) is 0 Å². The summed E-state index contributed by atoms with van der Waals surface area (Å²) in [6, 6.07) is 14.6. The first-order chi connectivity index (χ1) is 13.3. The predicted octanol–water partition coefficient (Wildman–Crippen LogP) is 4.31. The minimum absolute atomic E-state index is 0.256. The molecule has 1 N–H and O–H groups in total. The van der Waals surface area contributed by atoms with Gasteiger partial charge < -0.3 is 5.32 Å². The molecule has 0 radical (unpaired) electrons. The van der Waals surface area contributed by atoms with E-state index in [-0.39, 0.29) is 12.5 Å². The standard InChI is InChI=1S/C19H22BrClN2O3S2/c1-28(25,26)23(18-10-5-3-8-16(18)20)13-19(24)22-11-6-12-27-14-15-7-2-4-9-17(15)21/h2-5,7-10H,6,11-14H2,1H3,(H,22,24). The third-order valence-corrected chi connectivity index (χ3v) is 7.07. The summed E-state index contributed by atoms with van der Waals surface area (Å²) in [6.45, 7) is 0.232. The van der Waals surface area contributed by atoms with E-state index < -0.39 is 10.0 Å². The molecule has 0 unspecified atom stereocenters. The van der Waals surface area contributed by atoms with Crippen LogP contribution >= 0.6 is 39.3 Å². The van der Waals surface area contributed by atoms with E-state index in [1.807, 2.05) is 24.3 Å². The number of halogens is 2. The summed E-state index contributed by atoms with van der Waals surface area (Å²) in [5, 5.41) is 3.55. The SMILES string of the molecule is CS(=O)(=O)N(CC(=O)NCCCSCc1ccccc1Cl)c1ccccc1Br. The minimum atomic E-state index is -3.58. The monoisotopic (exact) mass is 504 g/mol. The number of benzene rings is 2. The van der Waals surface area contributed by atoms with Crippen LogP contribution in [0.25, 0.3) is 0 Å². The average Bonchev–Trinajstić information content (AvgIpc) is 2.64. The van der Waals surface area contributed by atoms with Crippen LogP contribution in [-0.4, -0.2) is 39.4 Å². The van der Waals surface area contributed by atoms with E-state index in [9.17, 15) is 13.2 Å². The number of hydrogen-bond acceptors (Lipinski definition) is 4. The first kappa shape index (κ1) is 23.1. The molecule has 0 saturated carbocycles. The van der Waals surface area contributed by atoms with Gasteiger partial charge in [0.25, 0.3) is 0 Å². The molecule has 0 heterocycles. The molecule has 0 aliphatic heterocycles. The van der Waals surface area contributed by atoms with E-state index in [0.29, 0.717) is 16.7 Å². The molecule has 0 bridgehead atoms. The zero-order valence-corrected chi connectivity index (χ0v) is 19.4. The molecule has 0 aliphatic rings. The van der Waals surface area contributed by atoms with Crippen LogP contribution in [0.4, 0.5) is 5.69 Å². The van der Waals surface area contributed by atoms with Gasteiger partial charge in [-0.05, 0) is 51.9 Å². The molecule has 0 atom stereocenters. The van der Waals surface area contributed by atoms with Crippen LogP contribution in [0.3, 0.4) is 0 Å². The Labute approximate surface area is 184 Å². The largest absolute Gasteiger partial charge is 0.354 e. The van der Waals surface area contributed by atoms with E-state index >= 15 is 0 Å². The first-order valence-electron chi connectivity index (χ1n) is 8.59. The third-order valence-electron chi connectivity index (χ3n) is 3.81. The highest BCUT2D eigenvalue weighted by molar-refractivity contribution is 9.10. The van der Waals surface area contributed by atoms with Crippen LogP contribution in [0.5, 0.6) is 0 Å². The summed E-state index contributed by atoms with van der Waals surface area (Å²) in [4.78, 5) is 12.2. The van der Waals surface area contributed by atoms with Crippen LogP contribution in [-0.2, 0) is 20.6 Å². The van der Waals surface area contributed by atoms with Gasteiger partial charge in [-0.25, -0.2) is 8.42 Å². The predicted molar refractivity (Wildman–Crippen MR) is 122 cm³/mol. The Hall–Kier alpha value is -1.22. The molecule has 0 spiro atoms. The van der Waals surface area contributed by atoms with E-state index in [0.717, 1.165) is 39.1 Å². The minimum Gasteiger partial charge on any atom is -0.354 e. The molecule has 2 aromatic carbocycles. The van der Waals surface area contributed by atoms with Gasteiger partial charge in [0.05, 0.1) is 11.9 Å². The van der Waals surface area contributed by atoms with Crippen molar-refractivity contribution >= 4 is 60.9 Å². The molecule has 2 aromatic rings. The van der Waals surface area contributed by atoms with Crippen LogP contribution in [0.15, 0.2) is 53.0 Å². The molecule has 0 fully saturated rings. The van der Waals surface area contributed by atoms with Crippen molar-refractivity contribution in [2.45, 2.75) is 12.2 Å². The Morgan fingerprint density at radius 2 is 1.86 bits per heavy atom. The second-order valence-electron chi connectivity index (χ2n) is 6.07. The summed E-state index contributed by atoms with van der Waals surface area (Å²) in [5.74, 6) is 1.35. The number of carbonyl (C=O) groups excluding carboxylic acids is 1. The van der Waals surface area contributed by atoms with Gasteiger partial charge >= 0.3 is 0 Å². The van der Waals surface area contributed by atoms with Crippen LogP contribution < -0.4 is 9.62 Å². The Balaban J connectivity index is 1.77. The lowest BCUT2D eigenvalue weighted by atomic mass is 10.2. The molecule has 1 amide bonds. The van der Waals surface area contributed by atoms with E-state index in [2.05, 4.69) is 21.2 Å². The highest BCUT2D eigenvalue weighted by Gasteiger charge is 2.22. The lowest BCUT2D eigenvalue weighted by molar-refractivity contribution is -0.119. The van der Waals surface area contributed by atoms with Crippen LogP contribution in [0, 0.1) is 0 Å². The van der Waals surface area contributed by atoms with Crippen molar-refractivity contribution in [3.63, 3.8) is 0 Å². The van der Waals surface area contributed by atoms with Crippen LogP contribution in [0.2, 0.25) is 5.02 Å². The highest BCUT2D eigenvalue weighted by atomic mass is 79.9. The molecule has 2 rings (SSSR count). The second kappa shape index (κ2) is 11.1. The van der Waals surface area contributed by atoms with Gasteiger partial charge in [0, 0.05) is 21.8 Å². The van der Waals surface area contributed by atoms with Gasteiger partial charge in [-0.3, -0.25) is 9.10 Å². The van der Waals surface area contributed by atoms with Crippen molar-refractivity contribution in [3.05, 3.63) is 63.6 Å². The number of nitrogens with zero attached hydrogens (tertiary/aromatic N) is 1. The van der Waals surface area contributed by atoms with E-state index in [1.54, 1.807) is 36.0 Å². The summed E-state index contributed by atoms with van der Waals surface area (Å²) in [5.41, 5.74) is 1.53. The molecule has 0 aromatic heterocycles. The molecular formula is C19H22BrClN2O3S2. The Kier molecular flexibility index (Phi) is 9.14. The fourth-order valence-electron chi connectivity index (χ4n) is 2.42. The van der Waals surface area contributed by atoms with Crippen molar-refractivity contribution < 1.29 is 13.2 Å².